The topological polar surface area (TPSA) is 29.9 Å². The van der Waals surface area contributed by atoms with Crippen molar-refractivity contribution in [1.29, 1.82) is 0 Å². The van der Waals surface area contributed by atoms with Crippen molar-refractivity contribution in [1.82, 2.24) is 14.9 Å². The number of allylic oxidation sites excluding steroid dienone is 4. The molecule has 2 aliphatic heterocycles. The molecule has 1 aromatic heterocycles. The molecule has 14 rings (SSSR count). The maximum absolute atomic E-state index is 5.25. The summed E-state index contributed by atoms with van der Waals surface area (Å²) < 4.78 is 2.40. The molecule has 3 heteroatoms. The average Bonchev–Trinajstić information content (AvgIpc) is 3.97. The van der Waals surface area contributed by atoms with Crippen molar-refractivity contribution < 1.29 is 0 Å². The number of fused-ring (bicyclic) bond motifs is 23. The molecule has 9 aromatic rings. The van der Waals surface area contributed by atoms with Crippen LogP contribution in [0, 0.1) is 6.92 Å². The van der Waals surface area contributed by atoms with E-state index in [4.69, 9.17) is 4.98 Å². The van der Waals surface area contributed by atoms with Gasteiger partial charge in [0.15, 0.2) is 5.66 Å². The van der Waals surface area contributed by atoms with E-state index in [-0.39, 0.29) is 0 Å². The van der Waals surface area contributed by atoms with Crippen molar-refractivity contribution >= 4 is 22.7 Å². The lowest BCUT2D eigenvalue weighted by molar-refractivity contribution is 0.397. The first-order valence-electron chi connectivity index (χ1n) is 22.3. The number of aromatic nitrogens is 2. The molecule has 0 saturated carbocycles. The van der Waals surface area contributed by atoms with Gasteiger partial charge < -0.3 is 5.32 Å². The van der Waals surface area contributed by atoms with Crippen LogP contribution >= 0.6 is 0 Å². The van der Waals surface area contributed by atoms with Gasteiger partial charge in [0.1, 0.15) is 5.82 Å². The Morgan fingerprint density at radius 2 is 1.09 bits per heavy atom. The van der Waals surface area contributed by atoms with Gasteiger partial charge in [-0.05, 0) is 126 Å². The molecular formula is C61H41N3. The predicted molar refractivity (Wildman–Crippen MR) is 261 cm³/mol. The van der Waals surface area contributed by atoms with Gasteiger partial charge in [0.05, 0.1) is 21.9 Å². The second-order valence-corrected chi connectivity index (χ2v) is 17.9. The summed E-state index contributed by atoms with van der Waals surface area (Å²) in [6.07, 6.45) is 12.9. The van der Waals surface area contributed by atoms with Gasteiger partial charge in [0, 0.05) is 17.3 Å². The number of hydrogen-bond donors (Lipinski definition) is 1. The van der Waals surface area contributed by atoms with Crippen LogP contribution in [-0.2, 0) is 16.5 Å². The molecule has 5 aliphatic rings. The van der Waals surface area contributed by atoms with Crippen molar-refractivity contribution in [3.05, 3.63) is 280 Å². The Bertz CT molecular complexity index is 3550. The molecule has 1 atom stereocenters. The van der Waals surface area contributed by atoms with E-state index in [9.17, 15) is 0 Å². The maximum Gasteiger partial charge on any atom is 0.162 e. The first-order valence-corrected chi connectivity index (χ1v) is 22.3. The van der Waals surface area contributed by atoms with Crippen molar-refractivity contribution in [3.8, 4) is 33.4 Å². The molecule has 0 fully saturated rings. The number of benzene rings is 8. The van der Waals surface area contributed by atoms with Gasteiger partial charge >= 0.3 is 0 Å². The Hall–Kier alpha value is -8.01. The minimum absolute atomic E-state index is 0.514. The molecule has 1 unspecified atom stereocenters. The van der Waals surface area contributed by atoms with Crippen LogP contribution < -0.4 is 5.32 Å². The lowest BCUT2D eigenvalue weighted by Gasteiger charge is -2.49. The summed E-state index contributed by atoms with van der Waals surface area (Å²) in [5.74, 6) is 0.949. The molecular weight excluding hydrogens is 775 g/mol. The van der Waals surface area contributed by atoms with Crippen LogP contribution in [0.1, 0.15) is 67.0 Å². The van der Waals surface area contributed by atoms with Crippen LogP contribution in [0.25, 0.3) is 56.1 Å². The number of imidazole rings is 1. The van der Waals surface area contributed by atoms with Crippen molar-refractivity contribution in [2.75, 3.05) is 0 Å². The largest absolute Gasteiger partial charge is 0.361 e. The van der Waals surface area contributed by atoms with E-state index < -0.39 is 16.5 Å². The molecule has 0 radical (unpaired) electrons. The molecule has 1 N–H and O–H groups in total. The Kier molecular flexibility index (Phi) is 6.98. The number of rotatable bonds is 3. The molecule has 300 valence electrons. The van der Waals surface area contributed by atoms with Gasteiger partial charge in [-0.2, -0.15) is 0 Å². The highest BCUT2D eigenvalue weighted by molar-refractivity contribution is 6.01. The standard InChI is InChI=1S/C61H41N3/c1-3-39-31-33-53-57(56(39)42-20-5-4-18-38(42)2)45-36-41(59-35-17-16-19-40(37-62-59)58-63-54-29-14-15-30-55(54)64(58)59)32-34-48(45)61(53)51-27-12-10-25-49(51)60(50-26-11-13-28-52(50)61)46-23-8-6-21-43(46)44-22-7-9-24-47(44)60/h3-37,62H,1H2,2H3/b19-16-,35-17-. The molecule has 8 aromatic carbocycles. The van der Waals surface area contributed by atoms with E-state index >= 15 is 0 Å². The van der Waals surface area contributed by atoms with Crippen LogP contribution in [0.15, 0.2) is 213 Å². The molecule has 2 spiro atoms. The Morgan fingerprint density at radius 1 is 0.531 bits per heavy atom. The van der Waals surface area contributed by atoms with Crippen LogP contribution in [-0.4, -0.2) is 9.55 Å². The summed E-state index contributed by atoms with van der Waals surface area (Å²) in [5, 5.41) is 3.94. The second-order valence-electron chi connectivity index (χ2n) is 17.9. The number of nitrogens with one attached hydrogen (secondary N) is 1. The first kappa shape index (κ1) is 35.6. The van der Waals surface area contributed by atoms with Gasteiger partial charge in [-0.25, -0.2) is 4.98 Å². The van der Waals surface area contributed by atoms with Gasteiger partial charge in [0.2, 0.25) is 0 Å². The van der Waals surface area contributed by atoms with Crippen molar-refractivity contribution in [3.63, 3.8) is 0 Å². The van der Waals surface area contributed by atoms with E-state index in [0.29, 0.717) is 0 Å². The quantitative estimate of drug-likeness (QED) is 0.193. The third-order valence-corrected chi connectivity index (χ3v) is 15.2. The highest BCUT2D eigenvalue weighted by atomic mass is 15.3. The fourth-order valence-electron chi connectivity index (χ4n) is 12.7. The summed E-state index contributed by atoms with van der Waals surface area (Å²) in [5.41, 5.74) is 22.7. The smallest absolute Gasteiger partial charge is 0.162 e. The monoisotopic (exact) mass is 815 g/mol. The molecule has 0 amide bonds. The Labute approximate surface area is 372 Å². The summed E-state index contributed by atoms with van der Waals surface area (Å²) in [4.78, 5) is 5.25. The SMILES string of the molecule is C=Cc1ccc2c(c1-c1ccccc1C)-c1cc(C34/C=C\C=C/C(=CN3)c3nc5ccccc5n34)ccc1C21c2ccccc2C2(c3ccccc3-c3ccccc32)c2ccccc21. The lowest BCUT2D eigenvalue weighted by atomic mass is 9.52. The van der Waals surface area contributed by atoms with Crippen LogP contribution in [0.4, 0.5) is 0 Å². The third-order valence-electron chi connectivity index (χ3n) is 15.2. The lowest BCUT2D eigenvalue weighted by Crippen LogP contribution is -2.48. The summed E-state index contributed by atoms with van der Waals surface area (Å²) in [6.45, 7) is 6.68. The van der Waals surface area contributed by atoms with Crippen molar-refractivity contribution in [2.45, 2.75) is 23.4 Å². The number of aryl methyl sites for hydroxylation is 1. The zero-order valence-electron chi connectivity index (χ0n) is 35.3. The predicted octanol–water partition coefficient (Wildman–Crippen LogP) is 13.5. The van der Waals surface area contributed by atoms with E-state index in [2.05, 4.69) is 230 Å². The molecule has 3 aliphatic carbocycles. The minimum atomic E-state index is -0.757. The highest BCUT2D eigenvalue weighted by Crippen LogP contribution is 2.68. The zero-order chi connectivity index (χ0) is 42.4. The van der Waals surface area contributed by atoms with Gasteiger partial charge in [0.25, 0.3) is 0 Å². The molecule has 3 heterocycles. The van der Waals surface area contributed by atoms with E-state index in [1.807, 2.05) is 6.08 Å². The first-order chi connectivity index (χ1) is 31.6. The van der Waals surface area contributed by atoms with Gasteiger partial charge in [-0.1, -0.05) is 183 Å². The summed E-state index contributed by atoms with van der Waals surface area (Å²) in [7, 11) is 0. The van der Waals surface area contributed by atoms with Gasteiger partial charge in [-0.15, -0.1) is 0 Å². The fraction of sp³-hybridized carbons (Fsp3) is 0.0656. The molecule has 2 bridgehead atoms. The second kappa shape index (κ2) is 12.6. The molecule has 3 nitrogen and oxygen atoms in total. The van der Waals surface area contributed by atoms with Crippen molar-refractivity contribution in [2.24, 2.45) is 0 Å². The fourth-order valence-corrected chi connectivity index (χ4v) is 12.7. The third kappa shape index (κ3) is 4.11. The summed E-state index contributed by atoms with van der Waals surface area (Å²) in [6, 6.07) is 66.4. The Balaban J connectivity index is 1.14. The number of nitrogens with zero attached hydrogens (tertiary/aromatic N) is 2. The average molecular weight is 816 g/mol. The number of para-hydroxylation sites is 2. The normalized spacial score (nSPS) is 18.9. The molecule has 0 saturated heterocycles. The van der Waals surface area contributed by atoms with E-state index in [0.717, 1.165) is 33.6 Å². The van der Waals surface area contributed by atoms with Crippen LogP contribution in [0.3, 0.4) is 0 Å². The molecule has 64 heavy (non-hydrogen) atoms. The maximum atomic E-state index is 5.25. The van der Waals surface area contributed by atoms with E-state index in [1.165, 1.54) is 83.5 Å². The van der Waals surface area contributed by atoms with Crippen LogP contribution in [0.5, 0.6) is 0 Å². The van der Waals surface area contributed by atoms with Gasteiger partial charge in [-0.3, -0.25) is 4.57 Å². The zero-order valence-corrected chi connectivity index (χ0v) is 35.3. The minimum Gasteiger partial charge on any atom is -0.361 e. The van der Waals surface area contributed by atoms with Crippen LogP contribution in [0.2, 0.25) is 0 Å². The number of hydrogen-bond acceptors (Lipinski definition) is 2. The summed E-state index contributed by atoms with van der Waals surface area (Å²) >= 11 is 0. The Morgan fingerprint density at radius 3 is 1.77 bits per heavy atom. The highest BCUT2D eigenvalue weighted by Gasteiger charge is 2.59. The van der Waals surface area contributed by atoms with E-state index in [1.54, 1.807) is 0 Å².